The first-order valence-corrected chi connectivity index (χ1v) is 10.2. The number of hydrogen-bond donors (Lipinski definition) is 1. The predicted molar refractivity (Wildman–Crippen MR) is 114 cm³/mol. The molecule has 0 unspecified atom stereocenters. The van der Waals surface area contributed by atoms with Crippen molar-refractivity contribution in [3.8, 4) is 17.2 Å². The highest BCUT2D eigenvalue weighted by Crippen LogP contribution is 2.43. The summed E-state index contributed by atoms with van der Waals surface area (Å²) in [6.07, 6.45) is 2.12. The number of nitrogens with zero attached hydrogens (tertiary/aromatic N) is 2. The van der Waals surface area contributed by atoms with Gasteiger partial charge in [0.1, 0.15) is 0 Å². The van der Waals surface area contributed by atoms with Crippen molar-refractivity contribution in [1.29, 1.82) is 0 Å². The van der Waals surface area contributed by atoms with Gasteiger partial charge in [0.05, 0.1) is 40.4 Å². The third-order valence-electron chi connectivity index (χ3n) is 5.21. The van der Waals surface area contributed by atoms with Crippen LogP contribution < -0.4 is 19.5 Å². The molecule has 168 valence electrons. The number of methoxy groups -OCH3 is 3. The van der Waals surface area contributed by atoms with E-state index in [1.807, 2.05) is 30.5 Å². The van der Waals surface area contributed by atoms with Crippen molar-refractivity contribution in [3.05, 3.63) is 41.7 Å². The molecule has 31 heavy (non-hydrogen) atoms. The van der Waals surface area contributed by atoms with Crippen LogP contribution in [0.1, 0.15) is 30.6 Å². The third kappa shape index (κ3) is 4.70. The van der Waals surface area contributed by atoms with Crippen LogP contribution in [0.15, 0.2) is 30.5 Å². The zero-order valence-electron chi connectivity index (χ0n) is 18.3. The molecule has 0 aliphatic carbocycles. The molecule has 1 N–H and O–H groups in total. The van der Waals surface area contributed by atoms with Gasteiger partial charge >= 0.3 is 12.0 Å². The van der Waals surface area contributed by atoms with Crippen molar-refractivity contribution in [2.24, 2.45) is 0 Å². The van der Waals surface area contributed by atoms with E-state index in [2.05, 4.69) is 9.88 Å². The first-order valence-electron chi connectivity index (χ1n) is 10.2. The molecule has 9 nitrogen and oxygen atoms in total. The molecule has 2 heterocycles. The van der Waals surface area contributed by atoms with Crippen molar-refractivity contribution >= 4 is 12.0 Å². The molecule has 1 aromatic heterocycles. The second-order valence-electron chi connectivity index (χ2n) is 6.97. The molecule has 1 aliphatic heterocycles. The van der Waals surface area contributed by atoms with Gasteiger partial charge in [-0.2, -0.15) is 0 Å². The van der Waals surface area contributed by atoms with Crippen molar-refractivity contribution in [1.82, 2.24) is 14.8 Å². The summed E-state index contributed by atoms with van der Waals surface area (Å²) < 4.78 is 23.5. The Labute approximate surface area is 181 Å². The van der Waals surface area contributed by atoms with Crippen LogP contribution >= 0.6 is 0 Å². The Morgan fingerprint density at radius 1 is 1.10 bits per heavy atom. The molecule has 0 radical (unpaired) electrons. The van der Waals surface area contributed by atoms with E-state index >= 15 is 0 Å². The fourth-order valence-electron chi connectivity index (χ4n) is 3.82. The van der Waals surface area contributed by atoms with E-state index in [1.165, 1.54) is 0 Å². The minimum Gasteiger partial charge on any atom is -0.493 e. The first kappa shape index (κ1) is 22.3. The summed E-state index contributed by atoms with van der Waals surface area (Å²) >= 11 is 0. The van der Waals surface area contributed by atoms with E-state index in [0.717, 1.165) is 11.3 Å². The highest BCUT2D eigenvalue weighted by molar-refractivity contribution is 5.77. The van der Waals surface area contributed by atoms with E-state index < -0.39 is 0 Å². The maximum Gasteiger partial charge on any atom is 0.318 e. The van der Waals surface area contributed by atoms with Crippen LogP contribution in [0, 0.1) is 0 Å². The quantitative estimate of drug-likeness (QED) is 0.646. The molecule has 9 heteroatoms. The molecular weight excluding hydrogens is 402 g/mol. The number of esters is 1. The largest absolute Gasteiger partial charge is 0.493 e. The van der Waals surface area contributed by atoms with E-state index in [0.29, 0.717) is 36.9 Å². The van der Waals surface area contributed by atoms with Gasteiger partial charge in [0.15, 0.2) is 11.5 Å². The Hall–Kier alpha value is -3.36. The lowest BCUT2D eigenvalue weighted by atomic mass is 9.99. The molecule has 0 bridgehead atoms. The Morgan fingerprint density at radius 3 is 2.42 bits per heavy atom. The van der Waals surface area contributed by atoms with Crippen LogP contribution in [0.2, 0.25) is 0 Å². The number of carbonyl (C=O) groups is 2. The number of urea groups is 1. The Balaban J connectivity index is 1.91. The topological polar surface area (TPSA) is 91.3 Å². The molecule has 2 aromatic rings. The summed E-state index contributed by atoms with van der Waals surface area (Å²) in [6, 6.07) is 7.05. The minimum atomic E-state index is -0.361. The molecule has 1 aliphatic rings. The number of rotatable bonds is 8. The summed E-state index contributed by atoms with van der Waals surface area (Å²) in [7, 11) is 4.67. The molecule has 0 fully saturated rings. The number of benzene rings is 1. The Morgan fingerprint density at radius 2 is 1.81 bits per heavy atom. The summed E-state index contributed by atoms with van der Waals surface area (Å²) in [5.41, 5.74) is 1.80. The van der Waals surface area contributed by atoms with Crippen LogP contribution in [-0.2, 0) is 16.1 Å². The molecule has 1 aromatic carbocycles. The fourth-order valence-corrected chi connectivity index (χ4v) is 3.82. The van der Waals surface area contributed by atoms with E-state index in [1.54, 1.807) is 33.2 Å². The maximum atomic E-state index is 13.1. The molecule has 1 atom stereocenters. The summed E-state index contributed by atoms with van der Waals surface area (Å²) in [4.78, 5) is 26.4. The van der Waals surface area contributed by atoms with Crippen LogP contribution in [0.4, 0.5) is 4.79 Å². The number of hydrogen-bond acceptors (Lipinski definition) is 6. The van der Waals surface area contributed by atoms with Crippen molar-refractivity contribution in [2.75, 3.05) is 41.0 Å². The van der Waals surface area contributed by atoms with E-state index in [9.17, 15) is 9.59 Å². The van der Waals surface area contributed by atoms with Crippen LogP contribution in [0.3, 0.4) is 0 Å². The highest BCUT2D eigenvalue weighted by Gasteiger charge is 2.33. The van der Waals surface area contributed by atoms with E-state index in [4.69, 9.17) is 18.9 Å². The Kier molecular flexibility index (Phi) is 7.28. The molecule has 0 spiro atoms. The van der Waals surface area contributed by atoms with Gasteiger partial charge < -0.3 is 33.7 Å². The van der Waals surface area contributed by atoms with Crippen LogP contribution in [0.25, 0.3) is 0 Å². The lowest BCUT2D eigenvalue weighted by molar-refractivity contribution is -0.142. The molecular formula is C22H29N3O6. The SMILES string of the molecule is CCOC(=O)CCNC(=O)N1CCn2cccc2[C@@H]1c1cc(OC)c(OC)c(OC)c1. The number of fused-ring (bicyclic) bond motifs is 1. The van der Waals surface area contributed by atoms with Crippen molar-refractivity contribution in [3.63, 3.8) is 0 Å². The van der Waals surface area contributed by atoms with Gasteiger partial charge in [-0.15, -0.1) is 0 Å². The zero-order chi connectivity index (χ0) is 22.4. The number of amides is 2. The van der Waals surface area contributed by atoms with Crippen LogP contribution in [0.5, 0.6) is 17.2 Å². The van der Waals surface area contributed by atoms with Gasteiger partial charge in [0.25, 0.3) is 0 Å². The average molecular weight is 431 g/mol. The number of carbonyl (C=O) groups excluding carboxylic acids is 2. The normalized spacial score (nSPS) is 15.1. The molecule has 0 saturated heterocycles. The Bertz CT molecular complexity index is 901. The lowest BCUT2D eigenvalue weighted by Gasteiger charge is -2.37. The predicted octanol–water partition coefficient (Wildman–Crippen LogP) is 2.58. The van der Waals surface area contributed by atoms with Gasteiger partial charge in [-0.25, -0.2) is 4.79 Å². The molecule has 0 saturated carbocycles. The summed E-state index contributed by atoms with van der Waals surface area (Å²) in [5.74, 6) is 1.19. The second kappa shape index (κ2) is 10.1. The average Bonchev–Trinajstić information content (AvgIpc) is 3.26. The summed E-state index contributed by atoms with van der Waals surface area (Å²) in [5, 5.41) is 2.83. The maximum absolute atomic E-state index is 13.1. The number of ether oxygens (including phenoxy) is 4. The third-order valence-corrected chi connectivity index (χ3v) is 5.21. The summed E-state index contributed by atoms with van der Waals surface area (Å²) in [6.45, 7) is 3.46. The lowest BCUT2D eigenvalue weighted by Crippen LogP contribution is -2.47. The fraction of sp³-hybridized carbons (Fsp3) is 0.455. The molecule has 3 rings (SSSR count). The monoisotopic (exact) mass is 431 g/mol. The van der Waals surface area contributed by atoms with Gasteiger partial charge in [-0.3, -0.25) is 4.79 Å². The molecule has 2 amide bonds. The van der Waals surface area contributed by atoms with Crippen molar-refractivity contribution < 1.29 is 28.5 Å². The van der Waals surface area contributed by atoms with E-state index in [-0.39, 0.29) is 31.0 Å². The van der Waals surface area contributed by atoms with Crippen LogP contribution in [-0.4, -0.2) is 62.5 Å². The van der Waals surface area contributed by atoms with Gasteiger partial charge in [-0.1, -0.05) is 0 Å². The first-order chi connectivity index (χ1) is 15.0. The van der Waals surface area contributed by atoms with Gasteiger partial charge in [-0.05, 0) is 36.8 Å². The van der Waals surface area contributed by atoms with Crippen molar-refractivity contribution in [2.45, 2.75) is 25.9 Å². The van der Waals surface area contributed by atoms with Gasteiger partial charge in [0.2, 0.25) is 5.75 Å². The second-order valence-corrected chi connectivity index (χ2v) is 6.97. The standard InChI is InChI=1S/C22H29N3O6/c1-5-31-19(26)8-9-23-22(27)25-12-11-24-10-6-7-16(24)20(25)15-13-17(28-2)21(30-4)18(14-15)29-3/h6-7,10,13-14,20H,5,8-9,11-12H2,1-4H3,(H,23,27)/t20-/m0/s1. The smallest absolute Gasteiger partial charge is 0.318 e. The highest BCUT2D eigenvalue weighted by atomic mass is 16.5. The number of aromatic nitrogens is 1. The zero-order valence-corrected chi connectivity index (χ0v) is 18.3. The van der Waals surface area contributed by atoms with Gasteiger partial charge in [0, 0.05) is 31.5 Å². The number of nitrogens with one attached hydrogen (secondary N) is 1. The minimum absolute atomic E-state index is 0.124.